The molecular formula is C26H27NO2. The molecule has 1 saturated heterocycles. The van der Waals surface area contributed by atoms with Crippen molar-refractivity contribution in [3.05, 3.63) is 77.4 Å². The number of carbonyl (C=O) groups excluding carboxylic acids is 1. The Hall–Kier alpha value is -2.81. The normalized spacial score (nSPS) is 21.1. The zero-order valence-electron chi connectivity index (χ0n) is 17.0. The smallest absolute Gasteiger partial charge is 0.253 e. The fourth-order valence-corrected chi connectivity index (χ4v) is 4.88. The highest BCUT2D eigenvalue weighted by molar-refractivity contribution is 5.95. The highest BCUT2D eigenvalue weighted by Crippen LogP contribution is 2.42. The first-order valence-electron chi connectivity index (χ1n) is 10.7. The minimum absolute atomic E-state index is 0.0911. The number of likely N-dealkylation sites (tertiary alicyclic amines) is 1. The van der Waals surface area contributed by atoms with E-state index in [2.05, 4.69) is 55.5 Å². The molecule has 3 aromatic carbocycles. The molecule has 1 amide bonds. The van der Waals surface area contributed by atoms with Crippen LogP contribution >= 0.6 is 0 Å². The van der Waals surface area contributed by atoms with Crippen LogP contribution in [0.5, 0.6) is 5.75 Å². The van der Waals surface area contributed by atoms with Gasteiger partial charge in [-0.05, 0) is 54.2 Å². The number of nitrogens with zero attached hydrogens (tertiary/aromatic N) is 1. The Morgan fingerprint density at radius 3 is 2.66 bits per heavy atom. The van der Waals surface area contributed by atoms with Gasteiger partial charge < -0.3 is 9.64 Å². The van der Waals surface area contributed by atoms with E-state index in [1.807, 2.05) is 17.0 Å². The van der Waals surface area contributed by atoms with E-state index in [4.69, 9.17) is 4.74 Å². The number of rotatable bonds is 3. The first kappa shape index (κ1) is 18.2. The molecule has 2 heterocycles. The third-order valence-electron chi connectivity index (χ3n) is 6.53. The van der Waals surface area contributed by atoms with Gasteiger partial charge >= 0.3 is 0 Å². The Kier molecular flexibility index (Phi) is 4.54. The van der Waals surface area contributed by atoms with Crippen LogP contribution in [0.1, 0.15) is 47.7 Å². The summed E-state index contributed by atoms with van der Waals surface area (Å²) >= 11 is 0. The molecule has 0 N–H and O–H groups in total. The summed E-state index contributed by atoms with van der Waals surface area (Å²) in [6.07, 6.45) is 4.36. The average molecular weight is 386 g/mol. The predicted octanol–water partition coefficient (Wildman–Crippen LogP) is 5.36. The molecule has 3 nitrogen and oxygen atoms in total. The van der Waals surface area contributed by atoms with Crippen molar-refractivity contribution >= 4 is 16.7 Å². The van der Waals surface area contributed by atoms with Gasteiger partial charge in [0.2, 0.25) is 0 Å². The topological polar surface area (TPSA) is 29.5 Å². The summed E-state index contributed by atoms with van der Waals surface area (Å²) < 4.78 is 6.11. The summed E-state index contributed by atoms with van der Waals surface area (Å²) in [4.78, 5) is 14.9. The van der Waals surface area contributed by atoms with Crippen LogP contribution in [-0.2, 0) is 11.8 Å². The second-order valence-corrected chi connectivity index (χ2v) is 8.73. The molecule has 0 aromatic heterocycles. The van der Waals surface area contributed by atoms with E-state index in [0.717, 1.165) is 43.7 Å². The largest absolute Gasteiger partial charge is 0.492 e. The maximum Gasteiger partial charge on any atom is 0.253 e. The monoisotopic (exact) mass is 385 g/mol. The van der Waals surface area contributed by atoms with Gasteiger partial charge in [0.15, 0.2) is 0 Å². The molecule has 0 aliphatic carbocycles. The van der Waals surface area contributed by atoms with E-state index in [9.17, 15) is 4.79 Å². The second-order valence-electron chi connectivity index (χ2n) is 8.73. The highest BCUT2D eigenvalue weighted by Gasteiger charge is 2.37. The Balaban J connectivity index is 1.43. The summed E-state index contributed by atoms with van der Waals surface area (Å²) in [5.74, 6) is 1.01. The molecule has 29 heavy (non-hydrogen) atoms. The van der Waals surface area contributed by atoms with Gasteiger partial charge in [-0.1, -0.05) is 55.5 Å². The molecule has 2 aliphatic rings. The van der Waals surface area contributed by atoms with E-state index >= 15 is 0 Å². The molecule has 3 aromatic rings. The molecule has 0 radical (unpaired) electrons. The van der Waals surface area contributed by atoms with Crippen molar-refractivity contribution in [2.45, 2.75) is 38.0 Å². The van der Waals surface area contributed by atoms with Crippen LogP contribution in [0.2, 0.25) is 0 Å². The molecule has 148 valence electrons. The molecule has 1 fully saturated rings. The van der Waals surface area contributed by atoms with Crippen LogP contribution in [0.25, 0.3) is 10.8 Å². The minimum atomic E-state index is -0.0911. The van der Waals surface area contributed by atoms with Crippen LogP contribution in [0, 0.1) is 0 Å². The predicted molar refractivity (Wildman–Crippen MR) is 117 cm³/mol. The maximum absolute atomic E-state index is 12.9. The van der Waals surface area contributed by atoms with Crippen molar-refractivity contribution in [1.29, 1.82) is 0 Å². The lowest BCUT2D eigenvalue weighted by atomic mass is 9.78. The van der Waals surface area contributed by atoms with Gasteiger partial charge in [-0.15, -0.1) is 0 Å². The zero-order chi connectivity index (χ0) is 19.8. The van der Waals surface area contributed by atoms with E-state index < -0.39 is 0 Å². The summed E-state index contributed by atoms with van der Waals surface area (Å²) in [7, 11) is 0. The molecule has 2 aliphatic heterocycles. The van der Waals surface area contributed by atoms with E-state index in [0.29, 0.717) is 6.61 Å². The first-order chi connectivity index (χ1) is 14.1. The van der Waals surface area contributed by atoms with Crippen molar-refractivity contribution in [2.24, 2.45) is 0 Å². The standard InChI is InChI=1S/C26H27NO2/c1-26(17-21-10-7-9-19-8-3-4-11-22(19)21)18-29-24-16-20(12-13-23(24)26)25(28)27-14-5-2-6-15-27/h3-4,7-13,16H,2,5-6,14-15,17-18H2,1H3. The Morgan fingerprint density at radius 2 is 1.79 bits per heavy atom. The maximum atomic E-state index is 12.9. The van der Waals surface area contributed by atoms with Gasteiger partial charge in [-0.3, -0.25) is 4.79 Å². The summed E-state index contributed by atoms with van der Waals surface area (Å²) in [5, 5.41) is 2.58. The van der Waals surface area contributed by atoms with Gasteiger partial charge in [-0.2, -0.15) is 0 Å². The summed E-state index contributed by atoms with van der Waals surface area (Å²) in [5.41, 5.74) is 3.21. The van der Waals surface area contributed by atoms with Crippen molar-refractivity contribution < 1.29 is 9.53 Å². The molecule has 1 unspecified atom stereocenters. The molecule has 5 rings (SSSR count). The number of hydrogen-bond acceptors (Lipinski definition) is 2. The molecule has 1 atom stereocenters. The number of benzene rings is 3. The lowest BCUT2D eigenvalue weighted by molar-refractivity contribution is 0.0724. The number of amides is 1. The quantitative estimate of drug-likeness (QED) is 0.607. The van der Waals surface area contributed by atoms with Crippen molar-refractivity contribution in [2.75, 3.05) is 19.7 Å². The Labute approximate surface area is 172 Å². The first-order valence-corrected chi connectivity index (χ1v) is 10.7. The molecule has 0 saturated carbocycles. The summed E-state index contributed by atoms with van der Waals surface area (Å²) in [6.45, 7) is 4.66. The average Bonchev–Trinajstić information content (AvgIpc) is 3.10. The van der Waals surface area contributed by atoms with Crippen LogP contribution in [0.3, 0.4) is 0 Å². The third kappa shape index (κ3) is 3.29. The van der Waals surface area contributed by atoms with Crippen LogP contribution < -0.4 is 4.74 Å². The third-order valence-corrected chi connectivity index (χ3v) is 6.53. The fraction of sp³-hybridized carbons (Fsp3) is 0.346. The summed E-state index contributed by atoms with van der Waals surface area (Å²) in [6, 6.07) is 21.1. The van der Waals surface area contributed by atoms with Gasteiger partial charge in [0.05, 0.1) is 6.61 Å². The van der Waals surface area contributed by atoms with Crippen molar-refractivity contribution in [3.8, 4) is 5.75 Å². The number of hydrogen-bond donors (Lipinski definition) is 0. The van der Waals surface area contributed by atoms with Gasteiger partial charge in [0.25, 0.3) is 5.91 Å². The van der Waals surface area contributed by atoms with Crippen molar-refractivity contribution in [3.63, 3.8) is 0 Å². The number of fused-ring (bicyclic) bond motifs is 2. The van der Waals surface area contributed by atoms with Crippen LogP contribution in [-0.4, -0.2) is 30.5 Å². The molecular weight excluding hydrogens is 358 g/mol. The molecule has 0 spiro atoms. The number of piperidine rings is 1. The SMILES string of the molecule is CC1(Cc2cccc3ccccc23)COc2cc(C(=O)N3CCCCC3)ccc21. The lowest BCUT2D eigenvalue weighted by Gasteiger charge is -2.27. The van der Waals surface area contributed by atoms with E-state index in [1.165, 1.54) is 28.3 Å². The van der Waals surface area contributed by atoms with E-state index in [-0.39, 0.29) is 11.3 Å². The van der Waals surface area contributed by atoms with Crippen LogP contribution in [0.15, 0.2) is 60.7 Å². The fourth-order valence-electron chi connectivity index (χ4n) is 4.88. The Bertz CT molecular complexity index is 1060. The number of ether oxygens (including phenoxy) is 1. The van der Waals surface area contributed by atoms with Gasteiger partial charge in [0.1, 0.15) is 5.75 Å². The van der Waals surface area contributed by atoms with Gasteiger partial charge in [0, 0.05) is 29.6 Å². The van der Waals surface area contributed by atoms with Gasteiger partial charge in [-0.25, -0.2) is 0 Å². The molecule has 3 heteroatoms. The minimum Gasteiger partial charge on any atom is -0.492 e. The van der Waals surface area contributed by atoms with Crippen LogP contribution in [0.4, 0.5) is 0 Å². The highest BCUT2D eigenvalue weighted by atomic mass is 16.5. The zero-order valence-corrected chi connectivity index (χ0v) is 17.0. The molecule has 0 bridgehead atoms. The van der Waals surface area contributed by atoms with Crippen molar-refractivity contribution in [1.82, 2.24) is 4.90 Å². The number of carbonyl (C=O) groups is 1. The second kappa shape index (κ2) is 7.22. The lowest BCUT2D eigenvalue weighted by Crippen LogP contribution is -2.35. The Morgan fingerprint density at radius 1 is 1.00 bits per heavy atom. The van der Waals surface area contributed by atoms with E-state index in [1.54, 1.807) is 0 Å².